The first-order valence-electron chi connectivity index (χ1n) is 5.08. The van der Waals surface area contributed by atoms with Crippen molar-refractivity contribution in [2.75, 3.05) is 19.7 Å². The van der Waals surface area contributed by atoms with Crippen molar-refractivity contribution in [3.05, 3.63) is 18.0 Å². The van der Waals surface area contributed by atoms with Gasteiger partial charge in [-0.25, -0.2) is 0 Å². The van der Waals surface area contributed by atoms with E-state index in [2.05, 4.69) is 5.10 Å². The second-order valence-electron chi connectivity index (χ2n) is 3.36. The third-order valence-electron chi connectivity index (χ3n) is 2.19. The minimum Gasteiger partial charge on any atom is -0.395 e. The van der Waals surface area contributed by atoms with E-state index in [1.807, 2.05) is 6.92 Å². The van der Waals surface area contributed by atoms with E-state index < -0.39 is 0 Å². The topological polar surface area (TPSA) is 58.4 Å². The van der Waals surface area contributed by atoms with Crippen molar-refractivity contribution in [3.63, 3.8) is 0 Å². The third-order valence-corrected chi connectivity index (χ3v) is 2.19. The molecule has 1 aromatic rings. The van der Waals surface area contributed by atoms with Crippen molar-refractivity contribution in [1.82, 2.24) is 14.7 Å². The van der Waals surface area contributed by atoms with Crippen LogP contribution in [-0.2, 0) is 7.05 Å². The van der Waals surface area contributed by atoms with Gasteiger partial charge in [-0.05, 0) is 12.5 Å². The summed E-state index contributed by atoms with van der Waals surface area (Å²) in [4.78, 5) is 13.6. The molecule has 0 saturated heterocycles. The van der Waals surface area contributed by atoms with Crippen molar-refractivity contribution in [3.8, 4) is 0 Å². The first kappa shape index (κ1) is 11.7. The van der Waals surface area contributed by atoms with Crippen LogP contribution in [0.2, 0.25) is 0 Å². The van der Waals surface area contributed by atoms with Crippen LogP contribution in [0.25, 0.3) is 0 Å². The van der Waals surface area contributed by atoms with E-state index >= 15 is 0 Å². The number of carbonyl (C=O) groups excluding carboxylic acids is 1. The van der Waals surface area contributed by atoms with Crippen LogP contribution in [0.1, 0.15) is 23.8 Å². The Morgan fingerprint density at radius 2 is 2.33 bits per heavy atom. The summed E-state index contributed by atoms with van der Waals surface area (Å²) < 4.78 is 1.54. The number of amides is 1. The number of aromatic nitrogens is 2. The van der Waals surface area contributed by atoms with Gasteiger partial charge < -0.3 is 10.0 Å². The molecule has 0 spiro atoms. The number of hydrogen-bond acceptors (Lipinski definition) is 3. The number of rotatable bonds is 5. The highest BCUT2D eigenvalue weighted by molar-refractivity contribution is 5.92. The van der Waals surface area contributed by atoms with Gasteiger partial charge in [-0.3, -0.25) is 9.48 Å². The molecule has 0 aromatic carbocycles. The second kappa shape index (κ2) is 5.50. The molecule has 84 valence electrons. The lowest BCUT2D eigenvalue weighted by Crippen LogP contribution is -2.35. The molecule has 0 bridgehead atoms. The van der Waals surface area contributed by atoms with Crippen LogP contribution in [0.15, 0.2) is 12.3 Å². The molecule has 0 atom stereocenters. The van der Waals surface area contributed by atoms with Crippen molar-refractivity contribution in [2.24, 2.45) is 7.05 Å². The molecule has 0 aliphatic heterocycles. The molecular weight excluding hydrogens is 194 g/mol. The molecule has 5 nitrogen and oxygen atoms in total. The summed E-state index contributed by atoms with van der Waals surface area (Å²) in [5, 5.41) is 12.8. The predicted molar refractivity (Wildman–Crippen MR) is 56.5 cm³/mol. The van der Waals surface area contributed by atoms with Crippen LogP contribution in [0.5, 0.6) is 0 Å². The van der Waals surface area contributed by atoms with Crippen molar-refractivity contribution >= 4 is 5.91 Å². The van der Waals surface area contributed by atoms with Crippen molar-refractivity contribution in [1.29, 1.82) is 0 Å². The lowest BCUT2D eigenvalue weighted by Gasteiger charge is -2.20. The van der Waals surface area contributed by atoms with Gasteiger partial charge >= 0.3 is 0 Å². The van der Waals surface area contributed by atoms with Gasteiger partial charge in [0.15, 0.2) is 0 Å². The standard InChI is InChI=1S/C10H17N3O2/c1-3-6-13(7-8-14)10(15)9-4-5-11-12(9)2/h4-5,14H,3,6-8H2,1-2H3. The first-order chi connectivity index (χ1) is 7.20. The monoisotopic (exact) mass is 211 g/mol. The van der Waals surface area contributed by atoms with Crippen LogP contribution < -0.4 is 0 Å². The molecule has 0 aliphatic rings. The van der Waals surface area contributed by atoms with E-state index in [9.17, 15) is 4.79 Å². The number of aryl methyl sites for hydroxylation is 1. The van der Waals surface area contributed by atoms with Gasteiger partial charge in [0, 0.05) is 26.3 Å². The van der Waals surface area contributed by atoms with Gasteiger partial charge in [0.2, 0.25) is 0 Å². The Morgan fingerprint density at radius 3 is 2.80 bits per heavy atom. The molecule has 1 heterocycles. The highest BCUT2D eigenvalue weighted by atomic mass is 16.3. The maximum Gasteiger partial charge on any atom is 0.272 e. The minimum atomic E-state index is -0.0779. The molecular formula is C10H17N3O2. The van der Waals surface area contributed by atoms with Crippen LogP contribution in [-0.4, -0.2) is 45.4 Å². The van der Waals surface area contributed by atoms with E-state index in [1.165, 1.54) is 0 Å². The first-order valence-corrected chi connectivity index (χ1v) is 5.08. The fourth-order valence-corrected chi connectivity index (χ4v) is 1.45. The van der Waals surface area contributed by atoms with Gasteiger partial charge in [-0.15, -0.1) is 0 Å². The Morgan fingerprint density at radius 1 is 1.60 bits per heavy atom. The lowest BCUT2D eigenvalue weighted by molar-refractivity contribution is 0.0711. The zero-order valence-electron chi connectivity index (χ0n) is 9.18. The summed E-state index contributed by atoms with van der Waals surface area (Å²) in [5.41, 5.74) is 0.553. The Kier molecular flexibility index (Phi) is 4.30. The third kappa shape index (κ3) is 2.79. The van der Waals surface area contributed by atoms with E-state index in [0.29, 0.717) is 18.8 Å². The van der Waals surface area contributed by atoms with E-state index in [-0.39, 0.29) is 12.5 Å². The largest absolute Gasteiger partial charge is 0.395 e. The number of carbonyl (C=O) groups is 1. The normalized spacial score (nSPS) is 10.3. The van der Waals surface area contributed by atoms with Gasteiger partial charge in [-0.2, -0.15) is 5.10 Å². The number of hydrogen-bond donors (Lipinski definition) is 1. The molecule has 1 aromatic heterocycles. The van der Waals surface area contributed by atoms with E-state index in [4.69, 9.17) is 5.11 Å². The Hall–Kier alpha value is -1.36. The zero-order valence-corrected chi connectivity index (χ0v) is 9.18. The second-order valence-corrected chi connectivity index (χ2v) is 3.36. The van der Waals surface area contributed by atoms with Crippen molar-refractivity contribution < 1.29 is 9.90 Å². The summed E-state index contributed by atoms with van der Waals surface area (Å²) in [5.74, 6) is -0.0779. The van der Waals surface area contributed by atoms with Crippen molar-refractivity contribution in [2.45, 2.75) is 13.3 Å². The molecule has 0 aliphatic carbocycles. The van der Waals surface area contributed by atoms with Crippen LogP contribution in [0.3, 0.4) is 0 Å². The maximum absolute atomic E-state index is 12.0. The molecule has 0 fully saturated rings. The molecule has 5 heteroatoms. The Balaban J connectivity index is 2.76. The fraction of sp³-hybridized carbons (Fsp3) is 0.600. The van der Waals surface area contributed by atoms with Crippen LogP contribution >= 0.6 is 0 Å². The highest BCUT2D eigenvalue weighted by Gasteiger charge is 2.16. The molecule has 0 saturated carbocycles. The highest BCUT2D eigenvalue weighted by Crippen LogP contribution is 2.03. The predicted octanol–water partition coefficient (Wildman–Crippen LogP) is 0.265. The quantitative estimate of drug-likeness (QED) is 0.760. The lowest BCUT2D eigenvalue weighted by atomic mass is 10.3. The van der Waals surface area contributed by atoms with Crippen LogP contribution in [0, 0.1) is 0 Å². The molecule has 15 heavy (non-hydrogen) atoms. The smallest absolute Gasteiger partial charge is 0.272 e. The van der Waals surface area contributed by atoms with Gasteiger partial charge in [0.1, 0.15) is 5.69 Å². The number of aliphatic hydroxyl groups is 1. The molecule has 0 radical (unpaired) electrons. The molecule has 1 N–H and O–H groups in total. The Labute approximate surface area is 89.3 Å². The average Bonchev–Trinajstić information content (AvgIpc) is 2.63. The molecule has 1 amide bonds. The number of aliphatic hydroxyl groups excluding tert-OH is 1. The maximum atomic E-state index is 12.0. The van der Waals surface area contributed by atoms with E-state index in [1.54, 1.807) is 28.9 Å². The summed E-state index contributed by atoms with van der Waals surface area (Å²) in [7, 11) is 1.73. The van der Waals surface area contributed by atoms with Gasteiger partial charge in [-0.1, -0.05) is 6.92 Å². The van der Waals surface area contributed by atoms with Gasteiger partial charge in [0.25, 0.3) is 5.91 Å². The van der Waals surface area contributed by atoms with Gasteiger partial charge in [0.05, 0.1) is 6.61 Å². The van der Waals surface area contributed by atoms with E-state index in [0.717, 1.165) is 6.42 Å². The molecule has 0 unspecified atom stereocenters. The SMILES string of the molecule is CCCN(CCO)C(=O)c1ccnn1C. The minimum absolute atomic E-state index is 0.0103. The molecule has 1 rings (SSSR count). The average molecular weight is 211 g/mol. The fourth-order valence-electron chi connectivity index (χ4n) is 1.45. The summed E-state index contributed by atoms with van der Waals surface area (Å²) in [6.45, 7) is 3.02. The summed E-state index contributed by atoms with van der Waals surface area (Å²) in [6.07, 6.45) is 2.47. The van der Waals surface area contributed by atoms with Crippen LogP contribution in [0.4, 0.5) is 0 Å². The summed E-state index contributed by atoms with van der Waals surface area (Å²) in [6, 6.07) is 1.68. The number of nitrogens with zero attached hydrogens (tertiary/aromatic N) is 3. The summed E-state index contributed by atoms with van der Waals surface area (Å²) >= 11 is 0. The Bertz CT molecular complexity index is 316. The zero-order chi connectivity index (χ0) is 11.3.